The van der Waals surface area contributed by atoms with Crippen molar-refractivity contribution in [3.63, 3.8) is 0 Å². The fraction of sp³-hybridized carbons (Fsp3) is 0.909. The molecule has 0 aromatic heterocycles. The lowest BCUT2D eigenvalue weighted by Gasteiger charge is -2.47. The van der Waals surface area contributed by atoms with Crippen LogP contribution in [0, 0.1) is 0 Å². The van der Waals surface area contributed by atoms with Gasteiger partial charge < -0.3 is 4.74 Å². The van der Waals surface area contributed by atoms with Crippen LogP contribution in [0.2, 0.25) is 0 Å². The molecular formula is C11H21NO8S2. The van der Waals surface area contributed by atoms with Crippen molar-refractivity contribution in [2.24, 2.45) is 0 Å². The second kappa shape index (κ2) is 7.11. The zero-order chi connectivity index (χ0) is 17.1. The minimum absolute atomic E-state index is 0.201. The van der Waals surface area contributed by atoms with Crippen molar-refractivity contribution in [1.29, 1.82) is 0 Å². The van der Waals surface area contributed by atoms with Crippen LogP contribution in [0.4, 0.5) is 4.79 Å². The number of carbonyl (C=O) groups excluding carboxylic acids is 1. The number of rotatable bonds is 6. The van der Waals surface area contributed by atoms with Gasteiger partial charge in [0, 0.05) is 0 Å². The van der Waals surface area contributed by atoms with E-state index in [0.29, 0.717) is 6.42 Å². The van der Waals surface area contributed by atoms with Gasteiger partial charge in [-0.25, -0.2) is 13.2 Å². The van der Waals surface area contributed by atoms with Gasteiger partial charge in [0.1, 0.15) is 5.60 Å². The standard InChI is InChI=1S/C11H21NO8S2/c1-11(2,3)20-10(13)12-8(6-18-21(14)15)5-9(12)7-19-22(4,16)17/h8-9,21H,5-7H2,1-4H3/t8-,9+/m1/s1. The number of nitrogens with zero attached hydrogens (tertiary/aromatic N) is 1. The Kier molecular flexibility index (Phi) is 6.18. The molecule has 0 aromatic rings. The van der Waals surface area contributed by atoms with Crippen LogP contribution in [0.15, 0.2) is 0 Å². The van der Waals surface area contributed by atoms with Crippen LogP contribution in [0.25, 0.3) is 0 Å². The van der Waals surface area contributed by atoms with Crippen LogP contribution in [0.5, 0.6) is 0 Å². The van der Waals surface area contributed by atoms with Crippen molar-refractivity contribution in [1.82, 2.24) is 4.90 Å². The van der Waals surface area contributed by atoms with Crippen molar-refractivity contribution in [3.8, 4) is 0 Å². The summed E-state index contributed by atoms with van der Waals surface area (Å²) in [6, 6.07) is -1.02. The first kappa shape index (κ1) is 19.1. The van der Waals surface area contributed by atoms with Crippen LogP contribution in [0.3, 0.4) is 0 Å². The van der Waals surface area contributed by atoms with Crippen molar-refractivity contribution in [2.45, 2.75) is 44.9 Å². The third-order valence-electron chi connectivity index (χ3n) is 2.78. The summed E-state index contributed by atoms with van der Waals surface area (Å²) < 4.78 is 57.4. The first-order valence-electron chi connectivity index (χ1n) is 6.52. The van der Waals surface area contributed by atoms with E-state index in [0.717, 1.165) is 6.26 Å². The highest BCUT2D eigenvalue weighted by Crippen LogP contribution is 2.29. The maximum atomic E-state index is 12.1. The lowest BCUT2D eigenvalue weighted by molar-refractivity contribution is -0.0514. The van der Waals surface area contributed by atoms with E-state index in [1.165, 1.54) is 4.90 Å². The lowest BCUT2D eigenvalue weighted by Crippen LogP contribution is -2.62. The second-order valence-electron chi connectivity index (χ2n) is 5.94. The van der Waals surface area contributed by atoms with E-state index in [2.05, 4.69) is 8.37 Å². The van der Waals surface area contributed by atoms with E-state index >= 15 is 0 Å². The van der Waals surface area contributed by atoms with Gasteiger partial charge in [-0.1, -0.05) is 0 Å². The number of thiol groups is 1. The fourth-order valence-electron chi connectivity index (χ4n) is 1.96. The van der Waals surface area contributed by atoms with Crippen LogP contribution < -0.4 is 0 Å². The third-order valence-corrected chi connectivity index (χ3v) is 3.71. The summed E-state index contributed by atoms with van der Waals surface area (Å²) >= 11 is 0. The molecule has 130 valence electrons. The van der Waals surface area contributed by atoms with Crippen molar-refractivity contribution in [2.75, 3.05) is 19.5 Å². The van der Waals surface area contributed by atoms with Gasteiger partial charge in [-0.05, 0) is 27.2 Å². The number of likely N-dealkylation sites (tertiary alicyclic amines) is 1. The molecule has 22 heavy (non-hydrogen) atoms. The van der Waals surface area contributed by atoms with E-state index in [4.69, 9.17) is 4.74 Å². The molecule has 0 aromatic carbocycles. The minimum atomic E-state index is -3.63. The molecule has 1 rings (SSSR count). The Bertz CT molecular complexity index is 569. The molecular weight excluding hydrogens is 338 g/mol. The number of hydrogen-bond acceptors (Lipinski definition) is 8. The summed E-state index contributed by atoms with van der Waals surface area (Å²) in [6.07, 6.45) is 0.597. The van der Waals surface area contributed by atoms with Gasteiger partial charge in [0.05, 0.1) is 31.6 Å². The fourth-order valence-corrected chi connectivity index (χ4v) is 2.66. The molecule has 0 N–H and O–H groups in total. The average Bonchev–Trinajstić information content (AvgIpc) is 2.21. The van der Waals surface area contributed by atoms with Crippen LogP contribution in [-0.2, 0) is 34.2 Å². The van der Waals surface area contributed by atoms with E-state index in [-0.39, 0.29) is 13.2 Å². The summed E-state index contributed by atoms with van der Waals surface area (Å²) in [4.78, 5) is 13.4. The minimum Gasteiger partial charge on any atom is -0.444 e. The van der Waals surface area contributed by atoms with Crippen molar-refractivity contribution in [3.05, 3.63) is 0 Å². The smallest absolute Gasteiger partial charge is 0.410 e. The van der Waals surface area contributed by atoms with E-state index in [1.807, 2.05) is 0 Å². The SMILES string of the molecule is CC(C)(C)OC(=O)N1[C@H](COS(C)(=O)=O)C[C@@H]1CO[SH](=O)=O. The average molecular weight is 359 g/mol. The Morgan fingerprint density at radius 1 is 1.23 bits per heavy atom. The van der Waals surface area contributed by atoms with Crippen LogP contribution >= 0.6 is 0 Å². The van der Waals surface area contributed by atoms with E-state index < -0.39 is 44.9 Å². The number of ether oxygens (including phenoxy) is 1. The molecule has 0 radical (unpaired) electrons. The maximum absolute atomic E-state index is 12.1. The number of carbonyl (C=O) groups is 1. The Hall–Kier alpha value is -0.910. The summed E-state index contributed by atoms with van der Waals surface area (Å²) in [6.45, 7) is 4.65. The Labute approximate surface area is 131 Å². The van der Waals surface area contributed by atoms with Crippen LogP contribution in [0.1, 0.15) is 27.2 Å². The molecule has 2 atom stereocenters. The molecule has 9 nitrogen and oxygen atoms in total. The number of amides is 1. The summed E-state index contributed by atoms with van der Waals surface area (Å²) in [5.41, 5.74) is -0.732. The summed E-state index contributed by atoms with van der Waals surface area (Å²) in [5, 5.41) is 0. The zero-order valence-corrected chi connectivity index (χ0v) is 14.6. The molecule has 0 bridgehead atoms. The van der Waals surface area contributed by atoms with Gasteiger partial charge >= 0.3 is 6.09 Å². The molecule has 0 unspecified atom stereocenters. The maximum Gasteiger partial charge on any atom is 0.410 e. The molecule has 0 spiro atoms. The molecule has 1 aliphatic heterocycles. The molecule has 1 heterocycles. The highest BCUT2D eigenvalue weighted by molar-refractivity contribution is 7.85. The number of hydrogen-bond donors (Lipinski definition) is 1. The van der Waals surface area contributed by atoms with Crippen molar-refractivity contribution >= 4 is 27.2 Å². The highest BCUT2D eigenvalue weighted by atomic mass is 32.2. The quantitative estimate of drug-likeness (QED) is 0.515. The van der Waals surface area contributed by atoms with Gasteiger partial charge in [0.15, 0.2) is 0 Å². The Morgan fingerprint density at radius 2 is 1.77 bits per heavy atom. The molecule has 11 heteroatoms. The lowest BCUT2D eigenvalue weighted by atomic mass is 9.95. The molecule has 0 aliphatic carbocycles. The highest BCUT2D eigenvalue weighted by Gasteiger charge is 2.44. The molecule has 1 saturated heterocycles. The van der Waals surface area contributed by atoms with E-state index in [1.54, 1.807) is 20.8 Å². The normalized spacial score (nSPS) is 22.5. The third kappa shape index (κ3) is 6.46. The second-order valence-corrected chi connectivity index (χ2v) is 8.29. The Morgan fingerprint density at radius 3 is 2.23 bits per heavy atom. The van der Waals surface area contributed by atoms with Crippen molar-refractivity contribution < 1.29 is 34.7 Å². The largest absolute Gasteiger partial charge is 0.444 e. The zero-order valence-electron chi connectivity index (χ0n) is 12.8. The summed E-state index contributed by atoms with van der Waals surface area (Å²) in [5.74, 6) is 0. The van der Waals surface area contributed by atoms with Gasteiger partial charge in [-0.2, -0.15) is 8.42 Å². The molecule has 0 saturated carbocycles. The van der Waals surface area contributed by atoms with Gasteiger partial charge in [-0.3, -0.25) is 13.3 Å². The first-order chi connectivity index (χ1) is 9.89. The van der Waals surface area contributed by atoms with Gasteiger partial charge in [0.2, 0.25) is 0 Å². The van der Waals surface area contributed by atoms with E-state index in [9.17, 15) is 21.6 Å². The topological polar surface area (TPSA) is 116 Å². The van der Waals surface area contributed by atoms with Crippen LogP contribution in [-0.4, -0.2) is 65.0 Å². The molecule has 1 fully saturated rings. The van der Waals surface area contributed by atoms with Gasteiger partial charge in [0.25, 0.3) is 21.1 Å². The molecule has 1 aliphatic rings. The monoisotopic (exact) mass is 359 g/mol. The predicted molar refractivity (Wildman–Crippen MR) is 77.3 cm³/mol. The predicted octanol–water partition coefficient (Wildman–Crippen LogP) is -0.116. The summed E-state index contributed by atoms with van der Waals surface area (Å²) in [7, 11) is -6.65. The first-order valence-corrected chi connectivity index (χ1v) is 9.43. The Balaban J connectivity index is 2.71. The molecule has 1 amide bonds. The van der Waals surface area contributed by atoms with Gasteiger partial charge in [-0.15, -0.1) is 0 Å².